The van der Waals surface area contributed by atoms with Gasteiger partial charge in [-0.25, -0.2) is 8.78 Å². The van der Waals surface area contributed by atoms with Gasteiger partial charge in [-0.15, -0.1) is 0 Å². The second kappa shape index (κ2) is 5.07. The molecule has 0 aromatic carbocycles. The third kappa shape index (κ3) is 3.08. The quantitative estimate of drug-likeness (QED) is 0.799. The maximum Gasteiger partial charge on any atom is 0.261 e. The molecule has 0 fully saturated rings. The molecule has 3 nitrogen and oxygen atoms in total. The van der Waals surface area contributed by atoms with Gasteiger partial charge in [0.25, 0.3) is 6.43 Å². The van der Waals surface area contributed by atoms with Crippen molar-refractivity contribution >= 4 is 0 Å². The van der Waals surface area contributed by atoms with Crippen LogP contribution in [0.5, 0.6) is 0 Å². The van der Waals surface area contributed by atoms with Crippen LogP contribution in [0.4, 0.5) is 8.78 Å². The zero-order valence-electron chi connectivity index (χ0n) is 7.82. The molecule has 0 bridgehead atoms. The lowest BCUT2D eigenvalue weighted by molar-refractivity contribution is -0.0403. The van der Waals surface area contributed by atoms with Gasteiger partial charge in [-0.3, -0.25) is 0 Å². The fourth-order valence-corrected chi connectivity index (χ4v) is 1.12. The molecule has 0 spiro atoms. The molecule has 14 heavy (non-hydrogen) atoms. The van der Waals surface area contributed by atoms with Crippen LogP contribution in [0.1, 0.15) is 18.8 Å². The molecule has 80 valence electrons. The first-order valence-corrected chi connectivity index (χ1v) is 4.30. The van der Waals surface area contributed by atoms with Crippen molar-refractivity contribution in [1.82, 2.24) is 0 Å². The molecule has 1 aromatic heterocycles. The molecule has 2 N–H and O–H groups in total. The Balaban J connectivity index is 2.57. The Morgan fingerprint density at radius 1 is 1.57 bits per heavy atom. The lowest BCUT2D eigenvalue weighted by Gasteiger charge is -2.18. The van der Waals surface area contributed by atoms with Crippen molar-refractivity contribution in [3.05, 3.63) is 24.2 Å². The number of hydrogen-bond donors (Lipinski definition) is 1. The summed E-state index contributed by atoms with van der Waals surface area (Å²) in [5.41, 5.74) is 5.58. The molecule has 0 amide bonds. The van der Waals surface area contributed by atoms with E-state index in [1.54, 1.807) is 19.1 Å². The van der Waals surface area contributed by atoms with Crippen LogP contribution in [0.25, 0.3) is 0 Å². The molecule has 0 aliphatic carbocycles. The number of rotatable bonds is 5. The Bertz CT molecular complexity index is 249. The summed E-state index contributed by atoms with van der Waals surface area (Å²) >= 11 is 0. The van der Waals surface area contributed by atoms with E-state index >= 15 is 0 Å². The first-order valence-electron chi connectivity index (χ1n) is 4.30. The predicted octanol–water partition coefficient (Wildman–Crippen LogP) is 1.95. The van der Waals surface area contributed by atoms with Crippen molar-refractivity contribution in [3.8, 4) is 0 Å². The summed E-state index contributed by atoms with van der Waals surface area (Å²) in [7, 11) is 0. The summed E-state index contributed by atoms with van der Waals surface area (Å²) in [6, 6.07) is 2.93. The first kappa shape index (κ1) is 11.1. The lowest BCUT2D eigenvalue weighted by atomic mass is 10.1. The highest BCUT2D eigenvalue weighted by molar-refractivity contribution is 5.04. The molecule has 5 heteroatoms. The zero-order valence-corrected chi connectivity index (χ0v) is 7.82. The van der Waals surface area contributed by atoms with Gasteiger partial charge in [-0.1, -0.05) is 0 Å². The Labute approximate surface area is 80.8 Å². The van der Waals surface area contributed by atoms with Crippen LogP contribution in [-0.2, 0) is 4.74 Å². The minimum Gasteiger partial charge on any atom is -0.467 e. The highest BCUT2D eigenvalue weighted by atomic mass is 19.3. The molecule has 1 rings (SSSR count). The SMILES string of the molecule is CC(N)C(OCC(F)F)c1ccco1. The fourth-order valence-electron chi connectivity index (χ4n) is 1.12. The Hall–Kier alpha value is -0.940. The minimum absolute atomic E-state index is 0.389. The molecule has 0 saturated carbocycles. The van der Waals surface area contributed by atoms with Crippen molar-refractivity contribution < 1.29 is 17.9 Å². The lowest BCUT2D eigenvalue weighted by Crippen LogP contribution is -2.28. The van der Waals surface area contributed by atoms with Gasteiger partial charge < -0.3 is 14.9 Å². The molecule has 1 aromatic rings. The van der Waals surface area contributed by atoms with Crippen LogP contribution in [-0.4, -0.2) is 19.1 Å². The van der Waals surface area contributed by atoms with E-state index < -0.39 is 19.1 Å². The number of nitrogens with two attached hydrogens (primary N) is 1. The van der Waals surface area contributed by atoms with Gasteiger partial charge >= 0.3 is 0 Å². The highest BCUT2D eigenvalue weighted by Crippen LogP contribution is 2.21. The van der Waals surface area contributed by atoms with Crippen LogP contribution in [0, 0.1) is 0 Å². The van der Waals surface area contributed by atoms with Crippen molar-refractivity contribution in [2.75, 3.05) is 6.61 Å². The summed E-state index contributed by atoms with van der Waals surface area (Å²) in [4.78, 5) is 0. The molecule has 0 aliphatic heterocycles. The van der Waals surface area contributed by atoms with Crippen LogP contribution < -0.4 is 5.73 Å². The molecular weight excluding hydrogens is 192 g/mol. The Kier molecular flexibility index (Phi) is 4.03. The highest BCUT2D eigenvalue weighted by Gasteiger charge is 2.21. The topological polar surface area (TPSA) is 48.4 Å². The number of halogens is 2. The van der Waals surface area contributed by atoms with E-state index in [0.29, 0.717) is 5.76 Å². The van der Waals surface area contributed by atoms with E-state index in [9.17, 15) is 8.78 Å². The van der Waals surface area contributed by atoms with Crippen LogP contribution >= 0.6 is 0 Å². The number of hydrogen-bond acceptors (Lipinski definition) is 3. The molecule has 0 aliphatic rings. The van der Waals surface area contributed by atoms with Crippen molar-refractivity contribution in [1.29, 1.82) is 0 Å². The van der Waals surface area contributed by atoms with E-state index in [0.717, 1.165) is 0 Å². The summed E-state index contributed by atoms with van der Waals surface area (Å²) < 4.78 is 33.8. The van der Waals surface area contributed by atoms with E-state index in [1.807, 2.05) is 0 Å². The monoisotopic (exact) mass is 205 g/mol. The standard InChI is InChI=1S/C9H13F2NO2/c1-6(12)9(14-5-8(10)11)7-3-2-4-13-7/h2-4,6,8-9H,5,12H2,1H3. The second-order valence-electron chi connectivity index (χ2n) is 3.02. The summed E-state index contributed by atoms with van der Waals surface area (Å²) in [5.74, 6) is 0.473. The van der Waals surface area contributed by atoms with Crippen molar-refractivity contribution in [3.63, 3.8) is 0 Å². The first-order chi connectivity index (χ1) is 6.61. The van der Waals surface area contributed by atoms with E-state index in [-0.39, 0.29) is 6.04 Å². The number of ether oxygens (including phenoxy) is 1. The molecule has 0 radical (unpaired) electrons. The van der Waals surface area contributed by atoms with Gasteiger partial charge in [-0.2, -0.15) is 0 Å². The summed E-state index contributed by atoms with van der Waals surface area (Å²) in [6.45, 7) is 1.05. The minimum atomic E-state index is -2.49. The van der Waals surface area contributed by atoms with Crippen molar-refractivity contribution in [2.45, 2.75) is 25.5 Å². The number of furan rings is 1. The molecule has 2 unspecified atom stereocenters. The smallest absolute Gasteiger partial charge is 0.261 e. The molecule has 0 saturated heterocycles. The van der Waals surface area contributed by atoms with Gasteiger partial charge in [0, 0.05) is 6.04 Å². The van der Waals surface area contributed by atoms with E-state index in [4.69, 9.17) is 14.9 Å². The third-order valence-corrected chi connectivity index (χ3v) is 1.70. The molecule has 1 heterocycles. The molecular formula is C9H13F2NO2. The third-order valence-electron chi connectivity index (χ3n) is 1.70. The fraction of sp³-hybridized carbons (Fsp3) is 0.556. The Morgan fingerprint density at radius 3 is 2.71 bits per heavy atom. The average Bonchev–Trinajstić information content (AvgIpc) is 2.56. The maximum absolute atomic E-state index is 11.9. The van der Waals surface area contributed by atoms with Crippen LogP contribution in [0.15, 0.2) is 22.8 Å². The Morgan fingerprint density at radius 2 is 2.29 bits per heavy atom. The largest absolute Gasteiger partial charge is 0.467 e. The van der Waals surface area contributed by atoms with Gasteiger partial charge in [0.2, 0.25) is 0 Å². The van der Waals surface area contributed by atoms with Gasteiger partial charge in [0.05, 0.1) is 6.26 Å². The number of alkyl halides is 2. The molecule has 2 atom stereocenters. The van der Waals surface area contributed by atoms with Crippen molar-refractivity contribution in [2.24, 2.45) is 5.73 Å². The normalized spacial score (nSPS) is 15.8. The summed E-state index contributed by atoms with van der Waals surface area (Å²) in [5, 5.41) is 0. The summed E-state index contributed by atoms with van der Waals surface area (Å²) in [6.07, 6.45) is -1.65. The van der Waals surface area contributed by atoms with E-state index in [2.05, 4.69) is 0 Å². The second-order valence-corrected chi connectivity index (χ2v) is 3.02. The average molecular weight is 205 g/mol. The van der Waals surface area contributed by atoms with Gasteiger partial charge in [0.1, 0.15) is 18.5 Å². The van der Waals surface area contributed by atoms with E-state index in [1.165, 1.54) is 6.26 Å². The predicted molar refractivity (Wildman–Crippen MR) is 47.1 cm³/mol. The van der Waals surface area contributed by atoms with Crippen LogP contribution in [0.3, 0.4) is 0 Å². The van der Waals surface area contributed by atoms with Gasteiger partial charge in [0.15, 0.2) is 0 Å². The van der Waals surface area contributed by atoms with Crippen LogP contribution in [0.2, 0.25) is 0 Å². The zero-order chi connectivity index (χ0) is 10.6. The maximum atomic E-state index is 11.9. The van der Waals surface area contributed by atoms with Gasteiger partial charge in [-0.05, 0) is 19.1 Å².